The molecule has 5 rings (SSSR count). The van der Waals surface area contributed by atoms with Crippen molar-refractivity contribution in [3.05, 3.63) is 100 Å². The number of hydrogen-bond donors (Lipinski definition) is 0. The van der Waals surface area contributed by atoms with Crippen LogP contribution in [0.1, 0.15) is 11.3 Å². The van der Waals surface area contributed by atoms with E-state index >= 15 is 0 Å². The lowest BCUT2D eigenvalue weighted by atomic mass is 10.0. The van der Waals surface area contributed by atoms with Crippen molar-refractivity contribution in [3.63, 3.8) is 0 Å². The second-order valence-electron chi connectivity index (χ2n) is 9.15. The third-order valence-corrected chi connectivity index (χ3v) is 8.25. The van der Waals surface area contributed by atoms with E-state index in [0.717, 1.165) is 24.5 Å². The van der Waals surface area contributed by atoms with Gasteiger partial charge in [-0.25, -0.2) is 27.2 Å². The summed E-state index contributed by atoms with van der Waals surface area (Å²) in [5.74, 6) is -2.86. The van der Waals surface area contributed by atoms with Crippen LogP contribution in [-0.2, 0) is 22.0 Å². The Labute approximate surface area is 230 Å². The fourth-order valence-corrected chi connectivity index (χ4v) is 6.00. The number of sulfonamides is 1. The molecule has 0 aliphatic carbocycles. The molecule has 2 aromatic carbocycles. The molecule has 41 heavy (non-hydrogen) atoms. The number of benzene rings is 2. The highest BCUT2D eigenvalue weighted by atomic mass is 32.2. The van der Waals surface area contributed by atoms with Crippen molar-refractivity contribution < 1.29 is 30.4 Å². The zero-order valence-electron chi connectivity index (χ0n) is 21.1. The van der Waals surface area contributed by atoms with Crippen LogP contribution in [0.15, 0.2) is 71.8 Å². The van der Waals surface area contributed by atoms with Crippen LogP contribution in [0.5, 0.6) is 0 Å². The Morgan fingerprint density at radius 1 is 0.902 bits per heavy atom. The molecule has 4 aromatic rings. The largest absolute Gasteiger partial charge is 0.433 e. The van der Waals surface area contributed by atoms with Crippen LogP contribution in [-0.4, -0.2) is 58.7 Å². The number of halogens is 5. The molecular formula is C26H21F5N6O3S. The van der Waals surface area contributed by atoms with E-state index in [9.17, 15) is 35.2 Å². The Morgan fingerprint density at radius 3 is 2.20 bits per heavy atom. The molecule has 214 valence electrons. The van der Waals surface area contributed by atoms with Crippen LogP contribution in [0.4, 0.5) is 27.6 Å². The summed E-state index contributed by atoms with van der Waals surface area (Å²) in [6.45, 7) is 0.298. The van der Waals surface area contributed by atoms with Gasteiger partial charge in [-0.1, -0.05) is 30.3 Å². The molecule has 0 spiro atoms. The van der Waals surface area contributed by atoms with Gasteiger partial charge in [0.05, 0.1) is 23.2 Å². The maximum Gasteiger partial charge on any atom is 0.433 e. The van der Waals surface area contributed by atoms with Gasteiger partial charge in [0.1, 0.15) is 17.3 Å². The maximum absolute atomic E-state index is 14.2. The molecule has 0 radical (unpaired) electrons. The molecule has 1 fully saturated rings. The number of nitrogens with zero attached hydrogens (tertiary/aromatic N) is 6. The van der Waals surface area contributed by atoms with E-state index in [-0.39, 0.29) is 48.7 Å². The quantitative estimate of drug-likeness (QED) is 0.315. The number of anilines is 1. The summed E-state index contributed by atoms with van der Waals surface area (Å²) in [5.41, 5.74) is -2.06. The van der Waals surface area contributed by atoms with Gasteiger partial charge in [0, 0.05) is 38.4 Å². The van der Waals surface area contributed by atoms with E-state index in [4.69, 9.17) is 0 Å². The molecule has 0 bridgehead atoms. The minimum atomic E-state index is -4.82. The number of aromatic nitrogens is 4. The molecule has 3 heterocycles. The van der Waals surface area contributed by atoms with Gasteiger partial charge in [0.25, 0.3) is 11.5 Å². The molecule has 1 aliphatic heterocycles. The van der Waals surface area contributed by atoms with Crippen LogP contribution < -0.4 is 10.5 Å². The number of alkyl halides is 3. The van der Waals surface area contributed by atoms with Crippen molar-refractivity contribution in [3.8, 4) is 17.1 Å². The van der Waals surface area contributed by atoms with Gasteiger partial charge < -0.3 is 4.90 Å². The zero-order valence-corrected chi connectivity index (χ0v) is 21.9. The molecule has 1 saturated heterocycles. The van der Waals surface area contributed by atoms with E-state index in [1.165, 1.54) is 4.31 Å². The molecule has 0 atom stereocenters. The molecule has 0 saturated carbocycles. The van der Waals surface area contributed by atoms with Gasteiger partial charge in [0.15, 0.2) is 0 Å². The molecular weight excluding hydrogens is 571 g/mol. The van der Waals surface area contributed by atoms with Gasteiger partial charge in [0.2, 0.25) is 10.0 Å². The summed E-state index contributed by atoms with van der Waals surface area (Å²) in [7, 11) is -3.67. The summed E-state index contributed by atoms with van der Waals surface area (Å²) in [4.78, 5) is 22.3. The normalized spacial score (nSPS) is 14.8. The first-order chi connectivity index (χ1) is 19.4. The first-order valence-electron chi connectivity index (χ1n) is 12.2. The van der Waals surface area contributed by atoms with E-state index < -0.39 is 45.0 Å². The molecule has 1 aliphatic rings. The van der Waals surface area contributed by atoms with E-state index in [2.05, 4.69) is 15.1 Å². The molecule has 0 unspecified atom stereocenters. The molecule has 9 nitrogen and oxygen atoms in total. The van der Waals surface area contributed by atoms with Gasteiger partial charge in [-0.2, -0.15) is 27.3 Å². The topological polar surface area (TPSA) is 101 Å². The lowest BCUT2D eigenvalue weighted by Gasteiger charge is -2.36. The molecule has 0 amide bonds. The van der Waals surface area contributed by atoms with Crippen LogP contribution in [0.3, 0.4) is 0 Å². The lowest BCUT2D eigenvalue weighted by Crippen LogP contribution is -2.49. The first kappa shape index (κ1) is 28.3. The van der Waals surface area contributed by atoms with Crippen LogP contribution in [0.2, 0.25) is 0 Å². The third kappa shape index (κ3) is 6.10. The highest BCUT2D eigenvalue weighted by Crippen LogP contribution is 2.31. The molecule has 15 heteroatoms. The second-order valence-corrected chi connectivity index (χ2v) is 11.1. The lowest BCUT2D eigenvalue weighted by molar-refractivity contribution is -0.141. The second kappa shape index (κ2) is 11.0. The highest BCUT2D eigenvalue weighted by molar-refractivity contribution is 7.88. The smallest absolute Gasteiger partial charge is 0.367 e. The first-order valence-corrected chi connectivity index (χ1v) is 13.8. The summed E-state index contributed by atoms with van der Waals surface area (Å²) >= 11 is 0. The van der Waals surface area contributed by atoms with Crippen LogP contribution >= 0.6 is 0 Å². The fourth-order valence-electron chi connectivity index (χ4n) is 4.49. The highest BCUT2D eigenvalue weighted by Gasteiger charge is 2.34. The summed E-state index contributed by atoms with van der Waals surface area (Å²) in [6, 6.07) is 11.7. The fraction of sp³-hybridized carbons (Fsp3) is 0.231. The molecule has 0 N–H and O–H groups in total. The predicted octanol–water partition coefficient (Wildman–Crippen LogP) is 3.64. The number of rotatable bonds is 6. The van der Waals surface area contributed by atoms with Crippen molar-refractivity contribution in [2.24, 2.45) is 0 Å². The summed E-state index contributed by atoms with van der Waals surface area (Å²) in [6.07, 6.45) is -2.86. The average Bonchev–Trinajstić information content (AvgIpc) is 2.92. The average molecular weight is 593 g/mol. The van der Waals surface area contributed by atoms with Crippen molar-refractivity contribution in [1.29, 1.82) is 0 Å². The Kier molecular flexibility index (Phi) is 7.57. The van der Waals surface area contributed by atoms with Crippen molar-refractivity contribution >= 4 is 15.7 Å². The van der Waals surface area contributed by atoms with E-state index in [1.54, 1.807) is 35.2 Å². The monoisotopic (exact) mass is 592 g/mol. The van der Waals surface area contributed by atoms with Crippen LogP contribution in [0.25, 0.3) is 17.1 Å². The standard InChI is InChI=1S/C26H21F5N6O3S/c27-19-12-18(13-20(28)14-19)23-21(15-33-37(24(23)38)25-32-7-6-22(34-25)26(29,30)31)35-8-10-36(11-9-35)41(39,40)16-17-4-2-1-3-5-17/h1-7,12-15H,8-11,16H2. The maximum atomic E-state index is 14.2. The van der Waals surface area contributed by atoms with Crippen molar-refractivity contribution in [2.75, 3.05) is 31.1 Å². The summed E-state index contributed by atoms with van der Waals surface area (Å²) < 4.78 is 95.8. The number of piperazine rings is 1. The zero-order chi connectivity index (χ0) is 29.4. The van der Waals surface area contributed by atoms with Gasteiger partial charge >= 0.3 is 6.18 Å². The Hall–Kier alpha value is -4.24. The van der Waals surface area contributed by atoms with E-state index in [0.29, 0.717) is 22.4 Å². The van der Waals surface area contributed by atoms with Crippen LogP contribution in [0, 0.1) is 11.6 Å². The van der Waals surface area contributed by atoms with Gasteiger partial charge in [-0.3, -0.25) is 4.79 Å². The van der Waals surface area contributed by atoms with Crippen molar-refractivity contribution in [1.82, 2.24) is 24.1 Å². The summed E-state index contributed by atoms with van der Waals surface area (Å²) in [5, 5.41) is 3.95. The van der Waals surface area contributed by atoms with Crippen molar-refractivity contribution in [2.45, 2.75) is 11.9 Å². The van der Waals surface area contributed by atoms with Gasteiger partial charge in [-0.05, 0) is 29.3 Å². The van der Waals surface area contributed by atoms with E-state index in [1.807, 2.05) is 0 Å². The molecule has 2 aromatic heterocycles. The Bertz CT molecular complexity index is 1720. The Balaban J connectivity index is 1.51. The number of hydrogen-bond acceptors (Lipinski definition) is 7. The minimum absolute atomic E-state index is 0.0476. The minimum Gasteiger partial charge on any atom is -0.367 e. The van der Waals surface area contributed by atoms with Gasteiger partial charge in [-0.15, -0.1) is 0 Å². The predicted molar refractivity (Wildman–Crippen MR) is 139 cm³/mol. The third-order valence-electron chi connectivity index (χ3n) is 6.40. The SMILES string of the molecule is O=c1c(-c2cc(F)cc(F)c2)c(N2CCN(S(=O)(=O)Cc3ccccc3)CC2)cnn1-c1nccc(C(F)(F)F)n1. The Morgan fingerprint density at radius 2 is 1.56 bits per heavy atom.